The number of alkyl halides is 3. The van der Waals surface area contributed by atoms with Crippen molar-refractivity contribution in [2.24, 2.45) is 5.92 Å². The van der Waals surface area contributed by atoms with E-state index in [-0.39, 0.29) is 16.5 Å². The molecule has 0 bridgehead atoms. The molecule has 3 N–H and O–H groups in total. The first-order valence-electron chi connectivity index (χ1n) is 11.1. The molecular formula is C22H32F3N3O5S. The van der Waals surface area contributed by atoms with Gasteiger partial charge in [-0.3, -0.25) is 4.79 Å². The summed E-state index contributed by atoms with van der Waals surface area (Å²) in [4.78, 5) is 25.1. The molecule has 192 valence electrons. The van der Waals surface area contributed by atoms with Crippen LogP contribution in [0.25, 0.3) is 0 Å². The van der Waals surface area contributed by atoms with Crippen molar-refractivity contribution in [2.75, 3.05) is 11.9 Å². The lowest BCUT2D eigenvalue weighted by Gasteiger charge is -2.31. The Kier molecular flexibility index (Phi) is 9.35. The highest BCUT2D eigenvalue weighted by Crippen LogP contribution is 2.28. The maximum Gasteiger partial charge on any atom is 0.408 e. The first-order valence-corrected chi connectivity index (χ1v) is 12.6. The van der Waals surface area contributed by atoms with E-state index in [1.807, 2.05) is 4.72 Å². The van der Waals surface area contributed by atoms with Crippen LogP contribution in [0.2, 0.25) is 0 Å². The van der Waals surface area contributed by atoms with Crippen molar-refractivity contribution >= 4 is 27.7 Å². The molecule has 1 saturated carbocycles. The molecule has 1 aromatic rings. The zero-order valence-corrected chi connectivity index (χ0v) is 20.3. The van der Waals surface area contributed by atoms with Crippen LogP contribution in [0.4, 0.5) is 23.7 Å². The summed E-state index contributed by atoms with van der Waals surface area (Å²) in [6.07, 6.45) is -1.97. The van der Waals surface area contributed by atoms with Crippen molar-refractivity contribution in [2.45, 2.75) is 82.0 Å². The highest BCUT2D eigenvalue weighted by molar-refractivity contribution is 7.89. The number of hydrogen-bond donors (Lipinski definition) is 3. The summed E-state index contributed by atoms with van der Waals surface area (Å²) in [6, 6.07) is 4.20. The number of carbonyl (C=O) groups excluding carboxylic acids is 2. The quantitative estimate of drug-likeness (QED) is 0.485. The van der Waals surface area contributed by atoms with Gasteiger partial charge in [-0.2, -0.15) is 13.2 Å². The van der Waals surface area contributed by atoms with E-state index < -0.39 is 52.8 Å². The Morgan fingerprint density at radius 2 is 1.65 bits per heavy atom. The summed E-state index contributed by atoms with van der Waals surface area (Å²) in [7, 11) is -4.13. The second-order valence-corrected chi connectivity index (χ2v) is 11.1. The second-order valence-electron chi connectivity index (χ2n) is 9.30. The number of nitrogens with one attached hydrogen (secondary N) is 3. The molecule has 12 heteroatoms. The predicted molar refractivity (Wildman–Crippen MR) is 121 cm³/mol. The molecule has 1 fully saturated rings. The smallest absolute Gasteiger partial charge is 0.408 e. The molecule has 1 unspecified atom stereocenters. The van der Waals surface area contributed by atoms with Crippen LogP contribution in [0.1, 0.15) is 59.3 Å². The monoisotopic (exact) mass is 507 g/mol. The predicted octanol–water partition coefficient (Wildman–Crippen LogP) is 4.33. The molecule has 1 atom stereocenters. The van der Waals surface area contributed by atoms with Crippen molar-refractivity contribution in [1.29, 1.82) is 0 Å². The van der Waals surface area contributed by atoms with Gasteiger partial charge in [0.25, 0.3) is 0 Å². The molecular weight excluding hydrogens is 475 g/mol. The molecule has 1 aliphatic carbocycles. The Morgan fingerprint density at radius 1 is 1.06 bits per heavy atom. The average molecular weight is 508 g/mol. The maximum absolute atomic E-state index is 13.0. The molecule has 0 aliphatic heterocycles. The standard InChI is InChI=1S/C22H32F3N3O5S/c1-21(2,3)33-20(30)28-18(15-7-5-4-6-8-15)19(29)27-16-9-11-17(12-10-16)34(31,32)26-14-13-22(23,24)25/h9-12,15,18,26H,4-8,13-14H2,1-3H3,(H,27,29)(H,28,30). The molecule has 0 heterocycles. The van der Waals surface area contributed by atoms with Crippen LogP contribution in [0.5, 0.6) is 0 Å². The normalized spacial score (nSPS) is 16.5. The third-order valence-corrected chi connectivity index (χ3v) is 6.69. The molecule has 1 aromatic carbocycles. The minimum absolute atomic E-state index is 0.0706. The lowest BCUT2D eigenvalue weighted by atomic mass is 9.83. The minimum atomic E-state index is -4.47. The molecule has 2 amide bonds. The van der Waals surface area contributed by atoms with E-state index >= 15 is 0 Å². The summed E-state index contributed by atoms with van der Waals surface area (Å²) in [5.41, 5.74) is -0.446. The fourth-order valence-corrected chi connectivity index (χ4v) is 4.68. The van der Waals surface area contributed by atoms with Crippen LogP contribution < -0.4 is 15.4 Å². The van der Waals surface area contributed by atoms with E-state index in [1.54, 1.807) is 20.8 Å². The average Bonchev–Trinajstić information content (AvgIpc) is 2.70. The van der Waals surface area contributed by atoms with Crippen molar-refractivity contribution in [3.8, 4) is 0 Å². The zero-order valence-electron chi connectivity index (χ0n) is 19.5. The van der Waals surface area contributed by atoms with E-state index in [2.05, 4.69) is 10.6 Å². The molecule has 0 aromatic heterocycles. The van der Waals surface area contributed by atoms with Gasteiger partial charge in [-0.1, -0.05) is 19.3 Å². The van der Waals surface area contributed by atoms with Gasteiger partial charge in [0.1, 0.15) is 11.6 Å². The molecule has 0 saturated heterocycles. The van der Waals surface area contributed by atoms with E-state index in [0.29, 0.717) is 0 Å². The van der Waals surface area contributed by atoms with Gasteiger partial charge in [0.2, 0.25) is 15.9 Å². The number of ether oxygens (including phenoxy) is 1. The fraction of sp³-hybridized carbons (Fsp3) is 0.636. The van der Waals surface area contributed by atoms with Gasteiger partial charge in [0.15, 0.2) is 0 Å². The van der Waals surface area contributed by atoms with Gasteiger partial charge < -0.3 is 15.4 Å². The third-order valence-electron chi connectivity index (χ3n) is 5.21. The zero-order chi connectivity index (χ0) is 25.6. The summed E-state index contributed by atoms with van der Waals surface area (Å²) in [5, 5.41) is 5.34. The van der Waals surface area contributed by atoms with Crippen molar-refractivity contribution in [3.05, 3.63) is 24.3 Å². The molecule has 0 spiro atoms. The number of alkyl carbamates (subject to hydrolysis) is 1. The highest BCUT2D eigenvalue weighted by Gasteiger charge is 2.32. The van der Waals surface area contributed by atoms with Gasteiger partial charge in [0, 0.05) is 12.2 Å². The Labute approximate surface area is 198 Å². The number of carbonyl (C=O) groups is 2. The summed E-state index contributed by atoms with van der Waals surface area (Å²) in [5.74, 6) is -0.532. The van der Waals surface area contributed by atoms with Crippen LogP contribution in [0.15, 0.2) is 29.2 Å². The summed E-state index contributed by atoms with van der Waals surface area (Å²) >= 11 is 0. The lowest BCUT2D eigenvalue weighted by molar-refractivity contribution is -0.132. The maximum atomic E-state index is 13.0. The Bertz CT molecular complexity index is 938. The molecule has 0 radical (unpaired) electrons. The molecule has 34 heavy (non-hydrogen) atoms. The van der Waals surface area contributed by atoms with Crippen LogP contribution in [-0.2, 0) is 19.6 Å². The SMILES string of the molecule is CC(C)(C)OC(=O)NC(C(=O)Nc1ccc(S(=O)(=O)NCCC(F)(F)F)cc1)C1CCCCC1. The van der Waals surface area contributed by atoms with Crippen LogP contribution in [0, 0.1) is 5.92 Å². The third kappa shape index (κ3) is 9.49. The number of benzene rings is 1. The lowest BCUT2D eigenvalue weighted by Crippen LogP contribution is -2.50. The van der Waals surface area contributed by atoms with Crippen LogP contribution in [0.3, 0.4) is 0 Å². The number of anilines is 1. The van der Waals surface area contributed by atoms with Gasteiger partial charge in [-0.15, -0.1) is 0 Å². The number of rotatable bonds is 8. The minimum Gasteiger partial charge on any atom is -0.444 e. The second kappa shape index (κ2) is 11.4. The summed E-state index contributed by atoms with van der Waals surface area (Å²) < 4.78 is 68.3. The largest absolute Gasteiger partial charge is 0.444 e. The first-order chi connectivity index (χ1) is 15.7. The number of amides is 2. The van der Waals surface area contributed by atoms with Gasteiger partial charge in [0.05, 0.1) is 11.3 Å². The van der Waals surface area contributed by atoms with E-state index in [0.717, 1.165) is 32.1 Å². The number of hydrogen-bond acceptors (Lipinski definition) is 5. The fourth-order valence-electron chi connectivity index (χ4n) is 3.65. The van der Waals surface area contributed by atoms with Gasteiger partial charge >= 0.3 is 12.3 Å². The van der Waals surface area contributed by atoms with Crippen molar-refractivity contribution in [3.63, 3.8) is 0 Å². The molecule has 1 aliphatic rings. The van der Waals surface area contributed by atoms with Gasteiger partial charge in [-0.25, -0.2) is 17.9 Å². The van der Waals surface area contributed by atoms with Crippen LogP contribution in [-0.4, -0.2) is 44.8 Å². The Hall–Kier alpha value is -2.34. The van der Waals surface area contributed by atoms with E-state index in [1.165, 1.54) is 24.3 Å². The summed E-state index contributed by atoms with van der Waals surface area (Å²) in [6.45, 7) is 4.38. The molecule has 2 rings (SSSR count). The highest BCUT2D eigenvalue weighted by atomic mass is 32.2. The van der Waals surface area contributed by atoms with Gasteiger partial charge in [-0.05, 0) is 63.8 Å². The van der Waals surface area contributed by atoms with Crippen molar-refractivity contribution < 1.29 is 35.9 Å². The van der Waals surface area contributed by atoms with E-state index in [4.69, 9.17) is 4.74 Å². The number of sulfonamides is 1. The Morgan fingerprint density at radius 3 is 2.18 bits per heavy atom. The topological polar surface area (TPSA) is 114 Å². The molecule has 8 nitrogen and oxygen atoms in total. The van der Waals surface area contributed by atoms with E-state index in [9.17, 15) is 31.2 Å². The number of halogens is 3. The Balaban J connectivity index is 2.07. The van der Waals surface area contributed by atoms with Crippen LogP contribution >= 0.6 is 0 Å². The van der Waals surface area contributed by atoms with Crippen molar-refractivity contribution in [1.82, 2.24) is 10.0 Å². The first kappa shape index (κ1) is 27.9.